The van der Waals surface area contributed by atoms with Crippen LogP contribution >= 0.6 is 0 Å². The average Bonchev–Trinajstić information content (AvgIpc) is 2.51. The van der Waals surface area contributed by atoms with Crippen molar-refractivity contribution in [3.63, 3.8) is 0 Å². The van der Waals surface area contributed by atoms with Crippen LogP contribution in [0.4, 0.5) is 17.1 Å². The fourth-order valence-corrected chi connectivity index (χ4v) is 1.92. The standard InChI is InChI=1S/C11H17N3O/c1-11(15)4-5-14(7-11)8-2-3-9(12)10(13)6-8/h2-3,6,15H,4-5,7,12-13H2,1H3. The van der Waals surface area contributed by atoms with E-state index in [1.54, 1.807) is 6.07 Å². The van der Waals surface area contributed by atoms with E-state index in [2.05, 4.69) is 4.90 Å². The lowest BCUT2D eigenvalue weighted by atomic mass is 10.1. The van der Waals surface area contributed by atoms with Crippen molar-refractivity contribution in [2.24, 2.45) is 0 Å². The second-order valence-corrected chi connectivity index (χ2v) is 4.48. The Kier molecular flexibility index (Phi) is 2.23. The molecular weight excluding hydrogens is 190 g/mol. The number of hydrogen-bond donors (Lipinski definition) is 3. The molecule has 0 aliphatic carbocycles. The van der Waals surface area contributed by atoms with Crippen LogP contribution in [0.5, 0.6) is 0 Å². The second-order valence-electron chi connectivity index (χ2n) is 4.48. The number of β-amino-alcohol motifs (C(OH)–C–C–N with tert-alkyl or cyclic N) is 1. The number of nitrogen functional groups attached to an aromatic ring is 2. The first-order valence-electron chi connectivity index (χ1n) is 5.10. The van der Waals surface area contributed by atoms with Crippen LogP contribution < -0.4 is 16.4 Å². The van der Waals surface area contributed by atoms with Crippen LogP contribution in [0.2, 0.25) is 0 Å². The van der Waals surface area contributed by atoms with Crippen molar-refractivity contribution in [3.05, 3.63) is 18.2 Å². The second kappa shape index (κ2) is 3.31. The number of hydrogen-bond acceptors (Lipinski definition) is 4. The number of nitrogens with two attached hydrogens (primary N) is 2. The van der Waals surface area contributed by atoms with Crippen LogP contribution in [0, 0.1) is 0 Å². The summed E-state index contributed by atoms with van der Waals surface area (Å²) in [7, 11) is 0. The molecule has 1 aromatic rings. The molecule has 0 bridgehead atoms. The summed E-state index contributed by atoms with van der Waals surface area (Å²) >= 11 is 0. The van der Waals surface area contributed by atoms with E-state index in [-0.39, 0.29) is 0 Å². The minimum atomic E-state index is -0.587. The molecule has 0 aromatic heterocycles. The third-order valence-electron chi connectivity index (χ3n) is 2.89. The molecule has 15 heavy (non-hydrogen) atoms. The summed E-state index contributed by atoms with van der Waals surface area (Å²) < 4.78 is 0. The van der Waals surface area contributed by atoms with Gasteiger partial charge in [-0.15, -0.1) is 0 Å². The Hall–Kier alpha value is -1.42. The summed E-state index contributed by atoms with van der Waals surface area (Å²) in [4.78, 5) is 2.12. The Bertz CT molecular complexity index is 376. The van der Waals surface area contributed by atoms with Crippen LogP contribution in [0.15, 0.2) is 18.2 Å². The summed E-state index contributed by atoms with van der Waals surface area (Å²) in [5.74, 6) is 0. The van der Waals surface area contributed by atoms with E-state index in [0.29, 0.717) is 17.9 Å². The molecule has 0 saturated carbocycles. The van der Waals surface area contributed by atoms with Crippen molar-refractivity contribution in [3.8, 4) is 0 Å². The zero-order chi connectivity index (χ0) is 11.1. The Morgan fingerprint density at radius 1 is 1.33 bits per heavy atom. The van der Waals surface area contributed by atoms with Gasteiger partial charge in [-0.1, -0.05) is 0 Å². The highest BCUT2D eigenvalue weighted by atomic mass is 16.3. The van der Waals surface area contributed by atoms with Gasteiger partial charge in [0.05, 0.1) is 17.0 Å². The number of nitrogens with zero attached hydrogens (tertiary/aromatic N) is 1. The van der Waals surface area contributed by atoms with Gasteiger partial charge in [-0.05, 0) is 31.5 Å². The number of anilines is 3. The highest BCUT2D eigenvalue weighted by Crippen LogP contribution is 2.29. The monoisotopic (exact) mass is 207 g/mol. The lowest BCUT2D eigenvalue weighted by Crippen LogP contribution is -2.29. The lowest BCUT2D eigenvalue weighted by molar-refractivity contribution is 0.0839. The summed E-state index contributed by atoms with van der Waals surface area (Å²) in [6.07, 6.45) is 0.789. The van der Waals surface area contributed by atoms with Crippen LogP contribution in [0.3, 0.4) is 0 Å². The van der Waals surface area contributed by atoms with Gasteiger partial charge in [0.2, 0.25) is 0 Å². The van der Waals surface area contributed by atoms with Crippen molar-refractivity contribution in [1.82, 2.24) is 0 Å². The fraction of sp³-hybridized carbons (Fsp3) is 0.455. The van der Waals surface area contributed by atoms with Crippen LogP contribution in [0.1, 0.15) is 13.3 Å². The van der Waals surface area contributed by atoms with E-state index in [4.69, 9.17) is 11.5 Å². The molecular formula is C11H17N3O. The topological polar surface area (TPSA) is 75.5 Å². The molecule has 0 spiro atoms. The van der Waals surface area contributed by atoms with Crippen molar-refractivity contribution >= 4 is 17.1 Å². The summed E-state index contributed by atoms with van der Waals surface area (Å²) in [5, 5.41) is 9.85. The molecule has 1 fully saturated rings. The van der Waals surface area contributed by atoms with E-state index in [9.17, 15) is 5.11 Å². The van der Waals surface area contributed by atoms with E-state index in [0.717, 1.165) is 18.7 Å². The van der Waals surface area contributed by atoms with Crippen LogP contribution in [-0.2, 0) is 0 Å². The predicted molar refractivity (Wildman–Crippen MR) is 62.7 cm³/mol. The maximum absolute atomic E-state index is 9.85. The quantitative estimate of drug-likeness (QED) is 0.596. The molecule has 5 N–H and O–H groups in total. The Morgan fingerprint density at radius 3 is 2.60 bits per heavy atom. The average molecular weight is 207 g/mol. The first-order chi connectivity index (χ1) is 6.98. The van der Waals surface area contributed by atoms with Gasteiger partial charge < -0.3 is 21.5 Å². The highest BCUT2D eigenvalue weighted by Gasteiger charge is 2.31. The SMILES string of the molecule is CC1(O)CCN(c2ccc(N)c(N)c2)C1. The van der Waals surface area contributed by atoms with Crippen LogP contribution in [-0.4, -0.2) is 23.8 Å². The molecule has 4 heteroatoms. The van der Waals surface area contributed by atoms with Gasteiger partial charge in [0, 0.05) is 18.8 Å². The van der Waals surface area contributed by atoms with E-state index >= 15 is 0 Å². The van der Waals surface area contributed by atoms with Crippen molar-refractivity contribution in [1.29, 1.82) is 0 Å². The van der Waals surface area contributed by atoms with Crippen molar-refractivity contribution < 1.29 is 5.11 Å². The largest absolute Gasteiger partial charge is 0.397 e. The molecule has 1 heterocycles. The van der Waals surface area contributed by atoms with E-state index in [1.165, 1.54) is 0 Å². The normalized spacial score (nSPS) is 25.9. The van der Waals surface area contributed by atoms with Crippen molar-refractivity contribution in [2.75, 3.05) is 29.5 Å². The zero-order valence-corrected chi connectivity index (χ0v) is 8.90. The van der Waals surface area contributed by atoms with Gasteiger partial charge in [-0.2, -0.15) is 0 Å². The van der Waals surface area contributed by atoms with Gasteiger partial charge in [-0.25, -0.2) is 0 Å². The molecule has 1 atom stereocenters. The van der Waals surface area contributed by atoms with Gasteiger partial charge in [0.1, 0.15) is 0 Å². The molecule has 1 unspecified atom stereocenters. The van der Waals surface area contributed by atoms with Gasteiger partial charge in [-0.3, -0.25) is 0 Å². The number of rotatable bonds is 1. The minimum absolute atomic E-state index is 0.587. The Labute approximate surface area is 89.5 Å². The Morgan fingerprint density at radius 2 is 2.07 bits per heavy atom. The smallest absolute Gasteiger partial charge is 0.0810 e. The molecule has 4 nitrogen and oxygen atoms in total. The van der Waals surface area contributed by atoms with Gasteiger partial charge in [0.15, 0.2) is 0 Å². The molecule has 1 aliphatic heterocycles. The lowest BCUT2D eigenvalue weighted by Gasteiger charge is -2.21. The predicted octanol–water partition coefficient (Wildman–Crippen LogP) is 0.812. The Balaban J connectivity index is 2.21. The number of benzene rings is 1. The summed E-state index contributed by atoms with van der Waals surface area (Å²) in [6.45, 7) is 3.36. The zero-order valence-electron chi connectivity index (χ0n) is 8.90. The minimum Gasteiger partial charge on any atom is -0.397 e. The first kappa shape index (κ1) is 10.1. The summed E-state index contributed by atoms with van der Waals surface area (Å²) in [5.41, 5.74) is 13.0. The molecule has 1 saturated heterocycles. The first-order valence-corrected chi connectivity index (χ1v) is 5.10. The van der Waals surface area contributed by atoms with Gasteiger partial charge in [0.25, 0.3) is 0 Å². The molecule has 2 rings (SSSR count). The molecule has 82 valence electrons. The highest BCUT2D eigenvalue weighted by molar-refractivity contribution is 5.70. The van der Waals surface area contributed by atoms with Gasteiger partial charge >= 0.3 is 0 Å². The maximum Gasteiger partial charge on any atom is 0.0810 e. The molecule has 1 aliphatic rings. The molecule has 1 aromatic carbocycles. The third kappa shape index (κ3) is 1.99. The molecule has 0 radical (unpaired) electrons. The summed E-state index contributed by atoms with van der Waals surface area (Å²) in [6, 6.07) is 5.60. The molecule has 0 amide bonds. The van der Waals surface area contributed by atoms with E-state index in [1.807, 2.05) is 19.1 Å². The fourth-order valence-electron chi connectivity index (χ4n) is 1.92. The van der Waals surface area contributed by atoms with Crippen molar-refractivity contribution in [2.45, 2.75) is 18.9 Å². The third-order valence-corrected chi connectivity index (χ3v) is 2.89. The van der Waals surface area contributed by atoms with E-state index < -0.39 is 5.60 Å². The number of aliphatic hydroxyl groups is 1. The van der Waals surface area contributed by atoms with Crippen LogP contribution in [0.25, 0.3) is 0 Å². The maximum atomic E-state index is 9.85.